The van der Waals surface area contributed by atoms with Gasteiger partial charge in [-0.2, -0.15) is 0 Å². The Morgan fingerprint density at radius 2 is 0.870 bits per heavy atom. The molecule has 0 N–H and O–H groups in total. The minimum atomic E-state index is -1.68. The van der Waals surface area contributed by atoms with Gasteiger partial charge >= 0.3 is 0 Å². The van der Waals surface area contributed by atoms with Crippen LogP contribution in [0, 0.1) is 0 Å². The van der Waals surface area contributed by atoms with Crippen molar-refractivity contribution >= 4 is 8.07 Å². The predicted octanol–water partition coefficient (Wildman–Crippen LogP) is 6.60. The topological polar surface area (TPSA) is 0 Å². The van der Waals surface area contributed by atoms with Crippen molar-refractivity contribution in [3.63, 3.8) is 0 Å². The highest BCUT2D eigenvalue weighted by Crippen LogP contribution is 2.53. The molecule has 0 aromatic heterocycles. The Morgan fingerprint density at radius 3 is 1.13 bits per heavy atom. The first-order chi connectivity index (χ1) is 10.7. The van der Waals surface area contributed by atoms with Gasteiger partial charge < -0.3 is 0 Å². The van der Waals surface area contributed by atoms with E-state index in [4.69, 9.17) is 0 Å². The molecule has 0 aliphatic carbocycles. The molecule has 0 heterocycles. The van der Waals surface area contributed by atoms with Crippen molar-refractivity contribution in [2.75, 3.05) is 0 Å². The van der Waals surface area contributed by atoms with Crippen molar-refractivity contribution < 1.29 is 0 Å². The largest absolute Gasteiger partial charge is 0.0730 e. The standard InChI is InChI=1S/C22H32Si/c1-21(2,3)23(22(4,5)6,17-19-13-9-7-10-14-19)18-20-15-11-8-12-16-20/h7-16H,17-18H2,1-6H3. The van der Waals surface area contributed by atoms with E-state index in [1.807, 2.05) is 0 Å². The molecule has 0 spiro atoms. The van der Waals surface area contributed by atoms with Crippen LogP contribution >= 0.6 is 0 Å². The lowest BCUT2D eigenvalue weighted by molar-refractivity contribution is 0.596. The second kappa shape index (κ2) is 6.65. The van der Waals surface area contributed by atoms with E-state index in [1.165, 1.54) is 23.2 Å². The lowest BCUT2D eigenvalue weighted by atomic mass is 10.2. The Balaban J connectivity index is 2.51. The zero-order valence-corrected chi connectivity index (χ0v) is 16.7. The van der Waals surface area contributed by atoms with Crippen LogP contribution in [-0.4, -0.2) is 8.07 Å². The maximum Gasteiger partial charge on any atom is 0.0730 e. The molecule has 0 saturated carbocycles. The van der Waals surface area contributed by atoms with Crippen LogP contribution < -0.4 is 0 Å². The van der Waals surface area contributed by atoms with Crippen molar-refractivity contribution in [2.45, 2.75) is 63.7 Å². The Kier molecular flexibility index (Phi) is 5.20. The van der Waals surface area contributed by atoms with Crippen LogP contribution in [0.5, 0.6) is 0 Å². The van der Waals surface area contributed by atoms with Crippen LogP contribution in [0.15, 0.2) is 60.7 Å². The highest BCUT2D eigenvalue weighted by Gasteiger charge is 2.52. The SMILES string of the molecule is CC(C)(C)[Si](Cc1ccccc1)(Cc1ccccc1)C(C)(C)C. The first kappa shape index (κ1) is 18.0. The lowest BCUT2D eigenvalue weighted by Gasteiger charge is -2.53. The van der Waals surface area contributed by atoms with E-state index >= 15 is 0 Å². The average molecular weight is 325 g/mol. The average Bonchev–Trinajstić information content (AvgIpc) is 2.46. The molecule has 0 aliphatic heterocycles. The molecule has 1 heteroatoms. The molecule has 0 saturated heterocycles. The molecule has 23 heavy (non-hydrogen) atoms. The van der Waals surface area contributed by atoms with Crippen molar-refractivity contribution in [1.82, 2.24) is 0 Å². The van der Waals surface area contributed by atoms with Gasteiger partial charge in [-0.15, -0.1) is 0 Å². The van der Waals surface area contributed by atoms with E-state index in [0.29, 0.717) is 10.1 Å². The molecular formula is C22H32Si. The van der Waals surface area contributed by atoms with E-state index in [-0.39, 0.29) is 0 Å². The van der Waals surface area contributed by atoms with Gasteiger partial charge in [0.1, 0.15) is 0 Å². The van der Waals surface area contributed by atoms with Crippen LogP contribution in [0.1, 0.15) is 52.7 Å². The summed E-state index contributed by atoms with van der Waals surface area (Å²) in [5, 5.41) is 0.688. The van der Waals surface area contributed by atoms with Gasteiger partial charge in [0.15, 0.2) is 0 Å². The Bertz CT molecular complexity index is 542. The summed E-state index contributed by atoms with van der Waals surface area (Å²) in [6.45, 7) is 14.8. The van der Waals surface area contributed by atoms with Crippen LogP contribution in [0.4, 0.5) is 0 Å². The Morgan fingerprint density at radius 1 is 0.565 bits per heavy atom. The van der Waals surface area contributed by atoms with Gasteiger partial charge in [0.2, 0.25) is 0 Å². The third-order valence-electron chi connectivity index (χ3n) is 5.57. The molecule has 0 atom stereocenters. The summed E-state index contributed by atoms with van der Waals surface area (Å²) in [5.74, 6) is 0. The predicted molar refractivity (Wildman–Crippen MR) is 105 cm³/mol. The summed E-state index contributed by atoms with van der Waals surface area (Å²) < 4.78 is 0. The third kappa shape index (κ3) is 3.95. The second-order valence-electron chi connectivity index (χ2n) is 8.91. The first-order valence-corrected chi connectivity index (χ1v) is 11.1. The fourth-order valence-electron chi connectivity index (χ4n) is 4.14. The zero-order chi connectivity index (χ0) is 17.1. The number of hydrogen-bond acceptors (Lipinski definition) is 0. The molecular weight excluding hydrogens is 292 g/mol. The third-order valence-corrected chi connectivity index (χ3v) is 13.3. The molecule has 0 aliphatic rings. The number of benzene rings is 2. The quantitative estimate of drug-likeness (QED) is 0.556. The van der Waals surface area contributed by atoms with Crippen molar-refractivity contribution in [3.05, 3.63) is 71.8 Å². The van der Waals surface area contributed by atoms with Gasteiger partial charge in [-0.3, -0.25) is 0 Å². The smallest absolute Gasteiger partial charge is 0.0625 e. The first-order valence-electron chi connectivity index (χ1n) is 8.74. The second-order valence-corrected chi connectivity index (χ2v) is 14.8. The highest BCUT2D eigenvalue weighted by molar-refractivity contribution is 6.84. The summed E-state index contributed by atoms with van der Waals surface area (Å²) in [7, 11) is -1.68. The molecule has 0 fully saturated rings. The van der Waals surface area contributed by atoms with Crippen LogP contribution in [0.2, 0.25) is 10.1 Å². The number of hydrogen-bond donors (Lipinski definition) is 0. The molecule has 2 aromatic carbocycles. The van der Waals surface area contributed by atoms with Gasteiger partial charge in [0, 0.05) is 0 Å². The van der Waals surface area contributed by atoms with Crippen molar-refractivity contribution in [1.29, 1.82) is 0 Å². The fourth-order valence-corrected chi connectivity index (χ4v) is 10.5. The lowest BCUT2D eigenvalue weighted by Crippen LogP contribution is -2.56. The van der Waals surface area contributed by atoms with E-state index in [1.54, 1.807) is 0 Å². The van der Waals surface area contributed by atoms with Gasteiger partial charge in [-0.25, -0.2) is 0 Å². The Labute approximate surface area is 144 Å². The summed E-state index contributed by atoms with van der Waals surface area (Å²) in [4.78, 5) is 0. The number of rotatable bonds is 4. The van der Waals surface area contributed by atoms with Crippen molar-refractivity contribution in [2.24, 2.45) is 0 Å². The molecule has 0 radical (unpaired) electrons. The van der Waals surface area contributed by atoms with Crippen LogP contribution in [0.3, 0.4) is 0 Å². The minimum absolute atomic E-state index is 0.344. The van der Waals surface area contributed by atoms with E-state index < -0.39 is 8.07 Å². The molecule has 124 valence electrons. The van der Waals surface area contributed by atoms with E-state index in [0.717, 1.165) is 0 Å². The zero-order valence-electron chi connectivity index (χ0n) is 15.7. The minimum Gasteiger partial charge on any atom is -0.0625 e. The van der Waals surface area contributed by atoms with Gasteiger partial charge in [-0.1, -0.05) is 113 Å². The van der Waals surface area contributed by atoms with Crippen LogP contribution in [-0.2, 0) is 12.1 Å². The summed E-state index contributed by atoms with van der Waals surface area (Å²) in [6, 6.07) is 24.7. The molecule has 2 aromatic rings. The molecule has 0 nitrogen and oxygen atoms in total. The van der Waals surface area contributed by atoms with Crippen molar-refractivity contribution in [3.8, 4) is 0 Å². The van der Waals surface area contributed by atoms with E-state index in [9.17, 15) is 0 Å². The van der Waals surface area contributed by atoms with Crippen LogP contribution in [0.25, 0.3) is 0 Å². The fraction of sp³-hybridized carbons (Fsp3) is 0.455. The summed E-state index contributed by atoms with van der Waals surface area (Å²) in [5.41, 5.74) is 3.00. The molecule has 2 rings (SSSR count). The Hall–Kier alpha value is -1.34. The maximum absolute atomic E-state index is 2.47. The highest BCUT2D eigenvalue weighted by atomic mass is 28.3. The molecule has 0 unspecified atom stereocenters. The molecule has 0 amide bonds. The summed E-state index contributed by atoms with van der Waals surface area (Å²) in [6.07, 6.45) is 0. The van der Waals surface area contributed by atoms with Gasteiger partial charge in [-0.05, 0) is 22.2 Å². The van der Waals surface area contributed by atoms with Gasteiger partial charge in [0.05, 0.1) is 8.07 Å². The van der Waals surface area contributed by atoms with E-state index in [2.05, 4.69) is 102 Å². The monoisotopic (exact) mass is 324 g/mol. The molecule has 0 bridgehead atoms. The summed E-state index contributed by atoms with van der Waals surface area (Å²) >= 11 is 0. The maximum atomic E-state index is 2.47. The van der Waals surface area contributed by atoms with Gasteiger partial charge in [0.25, 0.3) is 0 Å². The normalized spacial score (nSPS) is 13.1.